The number of benzene rings is 1. The molecule has 2 fully saturated rings. The van der Waals surface area contributed by atoms with E-state index in [4.69, 9.17) is 18.9 Å². The molecule has 1 aromatic rings. The molecule has 30 heavy (non-hydrogen) atoms. The molecule has 170 valence electrons. The molecule has 0 aliphatic carbocycles. The molecule has 12 nitrogen and oxygen atoms in total. The van der Waals surface area contributed by atoms with Crippen molar-refractivity contribution in [2.24, 2.45) is 0 Å². The predicted molar refractivity (Wildman–Crippen MR) is 95.2 cm³/mol. The van der Waals surface area contributed by atoms with Crippen molar-refractivity contribution >= 4 is 0 Å². The van der Waals surface area contributed by atoms with Crippen LogP contribution in [0.1, 0.15) is 0 Å². The fourth-order valence-corrected chi connectivity index (χ4v) is 3.22. The van der Waals surface area contributed by atoms with E-state index in [0.29, 0.717) is 0 Å². The standard InChI is InChI=1S/C18H26O12/c19-5-9-11(21)13(23)15(25)17(29-9)27-7-2-1-3-8(4-7)28-18-16(26)14(24)12(22)10(6-20)30-18/h1-4,9-26H,5-6H2/t9-,10-,11-,12-,13+,14+,15-,16-,17-,18-/m1/s1. The van der Waals surface area contributed by atoms with Crippen LogP contribution >= 0.6 is 0 Å². The lowest BCUT2D eigenvalue weighted by molar-refractivity contribution is -0.278. The summed E-state index contributed by atoms with van der Waals surface area (Å²) in [4.78, 5) is 0. The van der Waals surface area contributed by atoms with Crippen LogP contribution < -0.4 is 9.47 Å². The van der Waals surface area contributed by atoms with Gasteiger partial charge in [0.15, 0.2) is 0 Å². The van der Waals surface area contributed by atoms with Crippen molar-refractivity contribution < 1.29 is 59.8 Å². The zero-order valence-corrected chi connectivity index (χ0v) is 15.7. The van der Waals surface area contributed by atoms with E-state index in [9.17, 15) is 40.9 Å². The molecule has 0 amide bonds. The van der Waals surface area contributed by atoms with Crippen LogP contribution in [0.15, 0.2) is 24.3 Å². The van der Waals surface area contributed by atoms with E-state index in [1.54, 1.807) is 0 Å². The summed E-state index contributed by atoms with van der Waals surface area (Å²) in [6.07, 6.45) is -14.5. The minimum atomic E-state index is -1.60. The number of ether oxygens (including phenoxy) is 4. The maximum atomic E-state index is 10.1. The van der Waals surface area contributed by atoms with Crippen molar-refractivity contribution in [1.82, 2.24) is 0 Å². The Hall–Kier alpha value is -1.58. The van der Waals surface area contributed by atoms with Crippen LogP contribution in [-0.2, 0) is 9.47 Å². The van der Waals surface area contributed by atoms with Crippen LogP contribution in [0.2, 0.25) is 0 Å². The molecule has 12 heteroatoms. The van der Waals surface area contributed by atoms with Gasteiger partial charge in [0.05, 0.1) is 13.2 Å². The third-order valence-electron chi connectivity index (χ3n) is 5.01. The quantitative estimate of drug-likeness (QED) is 0.216. The van der Waals surface area contributed by atoms with Crippen molar-refractivity contribution in [3.8, 4) is 11.5 Å². The molecule has 2 aliphatic heterocycles. The van der Waals surface area contributed by atoms with Crippen LogP contribution in [0.25, 0.3) is 0 Å². The Morgan fingerprint density at radius 1 is 0.633 bits per heavy atom. The van der Waals surface area contributed by atoms with Crippen molar-refractivity contribution in [1.29, 1.82) is 0 Å². The van der Waals surface area contributed by atoms with E-state index >= 15 is 0 Å². The van der Waals surface area contributed by atoms with Gasteiger partial charge in [0.1, 0.15) is 60.3 Å². The molecule has 10 atom stereocenters. The van der Waals surface area contributed by atoms with Gasteiger partial charge in [-0.2, -0.15) is 0 Å². The van der Waals surface area contributed by atoms with E-state index in [1.165, 1.54) is 24.3 Å². The van der Waals surface area contributed by atoms with Gasteiger partial charge in [0.2, 0.25) is 12.6 Å². The second-order valence-corrected chi connectivity index (χ2v) is 7.11. The van der Waals surface area contributed by atoms with Gasteiger partial charge in [0.25, 0.3) is 0 Å². The van der Waals surface area contributed by atoms with Crippen molar-refractivity contribution in [3.63, 3.8) is 0 Å². The van der Waals surface area contributed by atoms with E-state index in [-0.39, 0.29) is 11.5 Å². The van der Waals surface area contributed by atoms with Crippen molar-refractivity contribution in [2.45, 2.75) is 61.4 Å². The van der Waals surface area contributed by atoms with Crippen LogP contribution in [0, 0.1) is 0 Å². The molecule has 2 saturated heterocycles. The van der Waals surface area contributed by atoms with E-state index in [0.717, 1.165) is 0 Å². The van der Waals surface area contributed by atoms with Crippen LogP contribution in [0.4, 0.5) is 0 Å². The Labute approximate surface area is 171 Å². The van der Waals surface area contributed by atoms with E-state index in [2.05, 4.69) is 0 Å². The first-order valence-electron chi connectivity index (χ1n) is 9.31. The largest absolute Gasteiger partial charge is 0.462 e. The molecule has 0 radical (unpaired) electrons. The smallest absolute Gasteiger partial charge is 0.229 e. The van der Waals surface area contributed by atoms with Gasteiger partial charge in [-0.1, -0.05) is 6.07 Å². The van der Waals surface area contributed by atoms with Gasteiger partial charge in [-0.3, -0.25) is 0 Å². The van der Waals surface area contributed by atoms with Gasteiger partial charge in [-0.25, -0.2) is 0 Å². The molecular weight excluding hydrogens is 408 g/mol. The molecule has 1 aromatic carbocycles. The normalized spacial score (nSPS) is 42.0. The highest BCUT2D eigenvalue weighted by molar-refractivity contribution is 5.33. The Morgan fingerprint density at radius 2 is 1.03 bits per heavy atom. The molecule has 0 aromatic heterocycles. The van der Waals surface area contributed by atoms with Gasteiger partial charge < -0.3 is 59.8 Å². The highest BCUT2D eigenvalue weighted by atomic mass is 16.7. The Bertz CT molecular complexity index is 632. The third-order valence-corrected chi connectivity index (χ3v) is 5.01. The average molecular weight is 434 g/mol. The number of aliphatic hydroxyl groups is 8. The summed E-state index contributed by atoms with van der Waals surface area (Å²) in [6, 6.07) is 5.78. The predicted octanol–water partition coefficient (Wildman–Crippen LogP) is -3.96. The van der Waals surface area contributed by atoms with Gasteiger partial charge in [0, 0.05) is 6.07 Å². The molecule has 0 unspecified atom stereocenters. The second-order valence-electron chi connectivity index (χ2n) is 7.11. The van der Waals surface area contributed by atoms with Gasteiger partial charge in [-0.05, 0) is 12.1 Å². The summed E-state index contributed by atoms with van der Waals surface area (Å²) in [6.45, 7) is -1.21. The Kier molecular flexibility index (Phi) is 7.47. The minimum absolute atomic E-state index is 0.112. The topological polar surface area (TPSA) is 199 Å². The van der Waals surface area contributed by atoms with E-state index < -0.39 is 74.6 Å². The van der Waals surface area contributed by atoms with Gasteiger partial charge in [-0.15, -0.1) is 0 Å². The lowest BCUT2D eigenvalue weighted by Crippen LogP contribution is -2.60. The molecule has 3 rings (SSSR count). The minimum Gasteiger partial charge on any atom is -0.462 e. The number of hydrogen-bond donors (Lipinski definition) is 8. The number of hydrogen-bond acceptors (Lipinski definition) is 12. The maximum Gasteiger partial charge on any atom is 0.229 e. The first-order valence-corrected chi connectivity index (χ1v) is 9.31. The second kappa shape index (κ2) is 9.70. The first kappa shape index (κ1) is 23.1. The summed E-state index contributed by atoms with van der Waals surface area (Å²) in [7, 11) is 0. The molecule has 8 N–H and O–H groups in total. The lowest BCUT2D eigenvalue weighted by atomic mass is 9.99. The molecule has 2 heterocycles. The zero-order chi connectivity index (χ0) is 22.0. The SMILES string of the molecule is OC[C@H]1O[C@@H](Oc2cccc(O[C@@H]3O[C@H](CO)[C@@H](O)[C@H](O)[C@H]3O)c2)[C@H](O)[C@@H](O)[C@@H]1O. The van der Waals surface area contributed by atoms with Gasteiger partial charge >= 0.3 is 0 Å². The summed E-state index contributed by atoms with van der Waals surface area (Å²) < 4.78 is 21.5. The van der Waals surface area contributed by atoms with Crippen LogP contribution in [0.3, 0.4) is 0 Å². The summed E-state index contributed by atoms with van der Waals surface area (Å²) >= 11 is 0. The van der Waals surface area contributed by atoms with Crippen molar-refractivity contribution in [2.75, 3.05) is 13.2 Å². The zero-order valence-electron chi connectivity index (χ0n) is 15.7. The Morgan fingerprint density at radius 3 is 1.40 bits per heavy atom. The monoisotopic (exact) mass is 434 g/mol. The summed E-state index contributed by atoms with van der Waals surface area (Å²) in [5, 5.41) is 77.9. The van der Waals surface area contributed by atoms with Crippen molar-refractivity contribution in [3.05, 3.63) is 24.3 Å². The highest BCUT2D eigenvalue weighted by Gasteiger charge is 2.46. The first-order chi connectivity index (χ1) is 14.3. The summed E-state index contributed by atoms with van der Waals surface area (Å²) in [5.41, 5.74) is 0. The summed E-state index contributed by atoms with van der Waals surface area (Å²) in [5.74, 6) is 0.225. The average Bonchev–Trinajstić information content (AvgIpc) is 2.74. The fourth-order valence-electron chi connectivity index (χ4n) is 3.22. The van der Waals surface area contributed by atoms with E-state index in [1.807, 2.05) is 0 Å². The fraction of sp³-hybridized carbons (Fsp3) is 0.667. The number of rotatable bonds is 6. The van der Waals surface area contributed by atoms with Crippen LogP contribution in [0.5, 0.6) is 11.5 Å². The molecular formula is C18H26O12. The highest BCUT2D eigenvalue weighted by Crippen LogP contribution is 2.29. The number of aliphatic hydroxyl groups excluding tert-OH is 8. The van der Waals surface area contributed by atoms with Crippen LogP contribution in [-0.4, -0.2) is 115 Å². The third kappa shape index (κ3) is 4.68. The molecule has 0 bridgehead atoms. The molecule has 2 aliphatic rings. The lowest BCUT2D eigenvalue weighted by Gasteiger charge is -2.40. The molecule has 0 saturated carbocycles. The Balaban J connectivity index is 1.69. The molecule has 0 spiro atoms. The maximum absolute atomic E-state index is 10.1.